The topological polar surface area (TPSA) is 77.8 Å². The Kier molecular flexibility index (Phi) is 4.72. The summed E-state index contributed by atoms with van der Waals surface area (Å²) in [6.45, 7) is 1.22. The predicted molar refractivity (Wildman–Crippen MR) is 112 cm³/mol. The van der Waals surface area contributed by atoms with Gasteiger partial charge in [-0.2, -0.15) is 5.10 Å². The Balaban J connectivity index is 1.39. The van der Waals surface area contributed by atoms with Gasteiger partial charge in [-0.1, -0.05) is 41.9 Å². The van der Waals surface area contributed by atoms with Gasteiger partial charge in [-0.15, -0.1) is 0 Å². The smallest absolute Gasteiger partial charge is 0.257 e. The summed E-state index contributed by atoms with van der Waals surface area (Å²) in [5.41, 5.74) is 3.56. The Labute approximate surface area is 177 Å². The van der Waals surface area contributed by atoms with Gasteiger partial charge in [-0.3, -0.25) is 4.79 Å². The first kappa shape index (κ1) is 18.4. The van der Waals surface area contributed by atoms with E-state index in [1.165, 1.54) is 6.20 Å². The van der Waals surface area contributed by atoms with Gasteiger partial charge >= 0.3 is 0 Å². The maximum Gasteiger partial charge on any atom is 0.257 e. The third-order valence-electron chi connectivity index (χ3n) is 4.83. The lowest BCUT2D eigenvalue weighted by Crippen LogP contribution is -2.23. The molecule has 0 saturated heterocycles. The average Bonchev–Trinajstić information content (AvgIpc) is 3.22. The number of fused-ring (bicyclic) bond motifs is 2. The molecule has 1 aliphatic rings. The summed E-state index contributed by atoms with van der Waals surface area (Å²) in [5, 5.41) is 7.74. The van der Waals surface area contributed by atoms with Crippen molar-refractivity contribution in [1.82, 2.24) is 19.9 Å². The molecule has 2 aromatic heterocycles. The molecule has 1 N–H and O–H groups in total. The predicted octanol–water partition coefficient (Wildman–Crippen LogP) is 3.75. The van der Waals surface area contributed by atoms with Crippen molar-refractivity contribution in [3.8, 4) is 22.8 Å². The summed E-state index contributed by atoms with van der Waals surface area (Å²) in [7, 11) is 0. The van der Waals surface area contributed by atoms with Crippen LogP contribution in [0.5, 0.6) is 11.5 Å². The molecule has 0 spiro atoms. The number of carbonyl (C=O) groups is 1. The zero-order chi connectivity index (χ0) is 20.5. The first-order valence-electron chi connectivity index (χ1n) is 9.45. The number of halogens is 1. The van der Waals surface area contributed by atoms with Gasteiger partial charge in [-0.25, -0.2) is 9.50 Å². The van der Waals surface area contributed by atoms with Crippen LogP contribution in [0.4, 0.5) is 0 Å². The van der Waals surface area contributed by atoms with Crippen molar-refractivity contribution in [2.75, 3.05) is 13.2 Å². The quantitative estimate of drug-likeness (QED) is 0.544. The zero-order valence-electron chi connectivity index (χ0n) is 15.8. The summed E-state index contributed by atoms with van der Waals surface area (Å²) in [6, 6.07) is 15.3. The minimum Gasteiger partial charge on any atom is -0.486 e. The van der Waals surface area contributed by atoms with Crippen molar-refractivity contribution in [3.05, 3.63) is 77.1 Å². The summed E-state index contributed by atoms with van der Waals surface area (Å²) in [6.07, 6.45) is 3.21. The minimum atomic E-state index is -0.270. The van der Waals surface area contributed by atoms with E-state index in [1.54, 1.807) is 16.8 Å². The second-order valence-electron chi connectivity index (χ2n) is 6.77. The maximum absolute atomic E-state index is 12.8. The van der Waals surface area contributed by atoms with Gasteiger partial charge in [0.15, 0.2) is 17.1 Å². The van der Waals surface area contributed by atoms with Crippen molar-refractivity contribution in [2.24, 2.45) is 0 Å². The van der Waals surface area contributed by atoms with E-state index in [4.69, 9.17) is 21.1 Å². The summed E-state index contributed by atoms with van der Waals surface area (Å²) in [5.74, 6) is 0.857. The molecule has 1 aliphatic heterocycles. The third-order valence-corrected chi connectivity index (χ3v) is 5.11. The fourth-order valence-electron chi connectivity index (χ4n) is 3.42. The molecule has 0 aliphatic carbocycles. The van der Waals surface area contributed by atoms with Crippen molar-refractivity contribution < 1.29 is 14.3 Å². The lowest BCUT2D eigenvalue weighted by atomic mass is 10.1. The minimum absolute atomic E-state index is 0.270. The van der Waals surface area contributed by atoms with Gasteiger partial charge in [0.05, 0.1) is 16.9 Å². The normalized spacial score (nSPS) is 12.7. The number of amides is 1. The van der Waals surface area contributed by atoms with Crippen LogP contribution in [0.2, 0.25) is 5.02 Å². The first-order chi connectivity index (χ1) is 14.7. The van der Waals surface area contributed by atoms with Crippen LogP contribution < -0.4 is 14.8 Å². The molecule has 0 bridgehead atoms. The highest BCUT2D eigenvalue weighted by atomic mass is 35.5. The Morgan fingerprint density at radius 2 is 1.97 bits per heavy atom. The van der Waals surface area contributed by atoms with Gasteiger partial charge in [0.1, 0.15) is 18.8 Å². The van der Waals surface area contributed by atoms with Gasteiger partial charge in [0, 0.05) is 18.3 Å². The summed E-state index contributed by atoms with van der Waals surface area (Å²) >= 11 is 6.27. The molecule has 150 valence electrons. The molecular weight excluding hydrogens is 404 g/mol. The molecule has 0 radical (unpaired) electrons. The molecule has 0 atom stereocenters. The number of nitrogens with zero attached hydrogens (tertiary/aromatic N) is 3. The van der Waals surface area contributed by atoms with Crippen molar-refractivity contribution in [1.29, 1.82) is 0 Å². The second kappa shape index (κ2) is 7.68. The summed E-state index contributed by atoms with van der Waals surface area (Å²) in [4.78, 5) is 17.2. The number of rotatable bonds is 4. The van der Waals surface area contributed by atoms with E-state index in [0.717, 1.165) is 16.8 Å². The molecule has 3 heterocycles. The number of ether oxygens (including phenoxy) is 2. The van der Waals surface area contributed by atoms with E-state index in [9.17, 15) is 4.79 Å². The zero-order valence-corrected chi connectivity index (χ0v) is 16.6. The highest BCUT2D eigenvalue weighted by molar-refractivity contribution is 6.32. The molecule has 7 nitrogen and oxygen atoms in total. The van der Waals surface area contributed by atoms with Crippen LogP contribution in [0.15, 0.2) is 60.9 Å². The largest absolute Gasteiger partial charge is 0.486 e. The molecular formula is C22H17ClN4O3. The molecule has 0 saturated carbocycles. The number of hydrogen-bond acceptors (Lipinski definition) is 5. The van der Waals surface area contributed by atoms with Crippen LogP contribution in [0, 0.1) is 0 Å². The maximum atomic E-state index is 12.8. The van der Waals surface area contributed by atoms with Crippen LogP contribution in [-0.2, 0) is 6.54 Å². The Hall–Kier alpha value is -3.58. The fourth-order valence-corrected chi connectivity index (χ4v) is 3.71. The first-order valence-corrected chi connectivity index (χ1v) is 9.83. The Bertz CT molecular complexity index is 1240. The monoisotopic (exact) mass is 420 g/mol. The van der Waals surface area contributed by atoms with Gasteiger partial charge in [0.25, 0.3) is 5.91 Å². The van der Waals surface area contributed by atoms with Crippen molar-refractivity contribution >= 4 is 23.2 Å². The van der Waals surface area contributed by atoms with Crippen LogP contribution in [0.1, 0.15) is 15.9 Å². The highest BCUT2D eigenvalue weighted by Crippen LogP contribution is 2.38. The third kappa shape index (κ3) is 3.33. The highest BCUT2D eigenvalue weighted by Gasteiger charge is 2.19. The number of hydrogen-bond donors (Lipinski definition) is 1. The standard InChI is InChI=1S/C22H17ClN4O3/c23-17-10-14(11-19-20(17)30-9-8-29-19)12-25-22(28)16-13-26-27-18(6-7-24-21(16)27)15-4-2-1-3-5-15/h1-7,10-11,13H,8-9,12H2,(H,25,28). The van der Waals surface area contributed by atoms with Gasteiger partial charge in [-0.05, 0) is 23.8 Å². The molecule has 30 heavy (non-hydrogen) atoms. The number of nitrogens with one attached hydrogen (secondary N) is 1. The van der Waals surface area contributed by atoms with Gasteiger partial charge in [0.2, 0.25) is 0 Å². The van der Waals surface area contributed by atoms with E-state index in [-0.39, 0.29) is 12.5 Å². The van der Waals surface area contributed by atoms with Crippen LogP contribution in [0.3, 0.4) is 0 Å². The van der Waals surface area contributed by atoms with Crippen LogP contribution >= 0.6 is 11.6 Å². The molecule has 0 unspecified atom stereocenters. The van der Waals surface area contributed by atoms with Gasteiger partial charge < -0.3 is 14.8 Å². The van der Waals surface area contributed by atoms with Crippen molar-refractivity contribution in [2.45, 2.75) is 6.54 Å². The number of benzene rings is 2. The number of carbonyl (C=O) groups excluding carboxylic acids is 1. The number of aromatic nitrogens is 3. The molecule has 5 rings (SSSR count). The van der Waals surface area contributed by atoms with E-state index < -0.39 is 0 Å². The molecule has 2 aromatic carbocycles. The molecule has 0 fully saturated rings. The van der Waals surface area contributed by atoms with Crippen LogP contribution in [-0.4, -0.2) is 33.7 Å². The van der Waals surface area contributed by atoms with E-state index >= 15 is 0 Å². The summed E-state index contributed by atoms with van der Waals surface area (Å²) < 4.78 is 12.8. The van der Waals surface area contributed by atoms with E-state index in [2.05, 4.69) is 15.4 Å². The molecule has 8 heteroatoms. The average molecular weight is 421 g/mol. The fraction of sp³-hybridized carbons (Fsp3) is 0.136. The molecule has 1 amide bonds. The Morgan fingerprint density at radius 1 is 1.13 bits per heavy atom. The second-order valence-corrected chi connectivity index (χ2v) is 7.18. The Morgan fingerprint density at radius 3 is 2.83 bits per heavy atom. The lowest BCUT2D eigenvalue weighted by molar-refractivity contribution is 0.0952. The van der Waals surface area contributed by atoms with E-state index in [0.29, 0.717) is 40.9 Å². The van der Waals surface area contributed by atoms with Crippen LogP contribution in [0.25, 0.3) is 16.9 Å². The van der Waals surface area contributed by atoms with E-state index in [1.807, 2.05) is 42.5 Å². The lowest BCUT2D eigenvalue weighted by Gasteiger charge is -2.20. The van der Waals surface area contributed by atoms with Crippen molar-refractivity contribution in [3.63, 3.8) is 0 Å². The molecule has 4 aromatic rings. The SMILES string of the molecule is O=C(NCc1cc(Cl)c2c(c1)OCCO2)c1cnn2c(-c3ccccc3)ccnc12.